The van der Waals surface area contributed by atoms with E-state index >= 15 is 0 Å². The minimum absolute atomic E-state index is 0.0550. The Morgan fingerprint density at radius 1 is 1.48 bits per heavy atom. The van der Waals surface area contributed by atoms with Crippen molar-refractivity contribution < 1.29 is 14.8 Å². The fourth-order valence-electron chi connectivity index (χ4n) is 3.47. The van der Waals surface area contributed by atoms with Crippen LogP contribution >= 0.6 is 0 Å². The van der Waals surface area contributed by atoms with E-state index in [9.17, 15) is 14.9 Å². The molecule has 2 heterocycles. The number of anilines is 1. The number of hydrogen-bond acceptors (Lipinski definition) is 5. The Labute approximate surface area is 147 Å². The molecule has 3 atom stereocenters. The van der Waals surface area contributed by atoms with Gasteiger partial charge >= 0.3 is 11.8 Å². The Bertz CT molecular complexity index is 644. The average molecular weight is 350 g/mol. The predicted molar refractivity (Wildman–Crippen MR) is 94.8 cm³/mol. The van der Waals surface area contributed by atoms with Crippen molar-refractivity contribution in [2.75, 3.05) is 18.0 Å². The summed E-state index contributed by atoms with van der Waals surface area (Å²) in [6.45, 7) is 9.69. The number of rotatable bonds is 4. The lowest BCUT2D eigenvalue weighted by Crippen LogP contribution is -2.53. The van der Waals surface area contributed by atoms with Gasteiger partial charge in [-0.25, -0.2) is 4.79 Å². The molecule has 1 aliphatic rings. The van der Waals surface area contributed by atoms with Crippen LogP contribution in [0.2, 0.25) is 0 Å². The van der Waals surface area contributed by atoms with E-state index in [-0.39, 0.29) is 23.1 Å². The Kier molecular flexibility index (Phi) is 5.49. The number of nitro groups is 1. The van der Waals surface area contributed by atoms with E-state index in [0.717, 1.165) is 6.42 Å². The van der Waals surface area contributed by atoms with Crippen LogP contribution in [0.5, 0.6) is 0 Å². The molecule has 138 valence electrons. The van der Waals surface area contributed by atoms with Crippen molar-refractivity contribution in [2.24, 2.45) is 17.3 Å². The first-order valence-electron chi connectivity index (χ1n) is 8.42. The first-order valence-corrected chi connectivity index (χ1v) is 8.42. The maximum atomic E-state index is 11.3. The first-order chi connectivity index (χ1) is 11.6. The molecule has 1 aliphatic heterocycles. The lowest BCUT2D eigenvalue weighted by atomic mass is 9.71. The Morgan fingerprint density at radius 3 is 2.72 bits per heavy atom. The van der Waals surface area contributed by atoms with Crippen molar-refractivity contribution in [1.82, 2.24) is 10.3 Å². The van der Waals surface area contributed by atoms with Gasteiger partial charge in [-0.3, -0.25) is 15.1 Å². The molecule has 1 amide bonds. The molecular weight excluding hydrogens is 324 g/mol. The second kappa shape index (κ2) is 7.25. The zero-order valence-electron chi connectivity index (χ0n) is 15.1. The molecular formula is C17H26N4O4. The summed E-state index contributed by atoms with van der Waals surface area (Å²) < 4.78 is 0. The lowest BCUT2D eigenvalue weighted by molar-refractivity contribution is -0.384. The summed E-state index contributed by atoms with van der Waals surface area (Å²) in [4.78, 5) is 27.8. The second-order valence-electron chi connectivity index (χ2n) is 7.82. The quantitative estimate of drug-likeness (QED) is 0.638. The summed E-state index contributed by atoms with van der Waals surface area (Å²) in [7, 11) is 0. The van der Waals surface area contributed by atoms with E-state index in [0.29, 0.717) is 24.7 Å². The SMILES string of the molecule is CC([C@H]1C[C@H](NC(=O)O)CN(c2ccncc2[N+](=O)[O-])C1)C(C)(C)C. The maximum absolute atomic E-state index is 11.3. The zero-order chi connectivity index (χ0) is 18.8. The van der Waals surface area contributed by atoms with Gasteiger partial charge in [-0.1, -0.05) is 27.7 Å². The maximum Gasteiger partial charge on any atom is 0.404 e. The molecule has 1 aromatic heterocycles. The molecule has 1 aromatic rings. The normalized spacial score (nSPS) is 22.3. The number of piperidine rings is 1. The van der Waals surface area contributed by atoms with E-state index in [1.54, 1.807) is 6.07 Å². The monoisotopic (exact) mass is 350 g/mol. The summed E-state index contributed by atoms with van der Waals surface area (Å²) in [5.41, 5.74) is 0.495. The largest absolute Gasteiger partial charge is 0.465 e. The third-order valence-electron chi connectivity index (χ3n) is 5.20. The molecule has 0 radical (unpaired) electrons. The molecule has 0 bridgehead atoms. The van der Waals surface area contributed by atoms with Crippen molar-refractivity contribution in [3.8, 4) is 0 Å². The van der Waals surface area contributed by atoms with Crippen LogP contribution in [0.25, 0.3) is 0 Å². The van der Waals surface area contributed by atoms with Gasteiger partial charge in [0, 0.05) is 19.3 Å². The summed E-state index contributed by atoms with van der Waals surface area (Å²) in [5, 5.41) is 23.0. The topological polar surface area (TPSA) is 109 Å². The van der Waals surface area contributed by atoms with Gasteiger partial charge in [0.15, 0.2) is 0 Å². The Hall–Kier alpha value is -2.38. The van der Waals surface area contributed by atoms with Gasteiger partial charge < -0.3 is 15.3 Å². The molecule has 2 rings (SSSR count). The average Bonchev–Trinajstić information content (AvgIpc) is 2.52. The highest BCUT2D eigenvalue weighted by atomic mass is 16.6. The van der Waals surface area contributed by atoms with Crippen LogP contribution in [0.4, 0.5) is 16.2 Å². The standard InChI is InChI=1S/C17H26N4O4/c1-11(17(2,3)4)12-7-13(19-16(22)23)10-20(9-12)14-5-6-18-8-15(14)21(24)25/h5-6,8,11-13,19H,7,9-10H2,1-4H3,(H,22,23)/t11?,12-,13-/m0/s1. The van der Waals surface area contributed by atoms with E-state index < -0.39 is 11.0 Å². The Morgan fingerprint density at radius 2 is 2.16 bits per heavy atom. The van der Waals surface area contributed by atoms with Gasteiger partial charge in [-0.05, 0) is 29.7 Å². The van der Waals surface area contributed by atoms with Crippen molar-refractivity contribution in [3.05, 3.63) is 28.6 Å². The molecule has 2 N–H and O–H groups in total. The molecule has 25 heavy (non-hydrogen) atoms. The van der Waals surface area contributed by atoms with E-state index in [2.05, 4.69) is 38.0 Å². The van der Waals surface area contributed by atoms with Gasteiger partial charge in [0.1, 0.15) is 11.9 Å². The summed E-state index contributed by atoms with van der Waals surface area (Å²) in [6, 6.07) is 1.36. The van der Waals surface area contributed by atoms with Crippen molar-refractivity contribution in [2.45, 2.75) is 40.2 Å². The first kappa shape index (κ1) is 19.0. The van der Waals surface area contributed by atoms with Crippen LogP contribution in [0.15, 0.2) is 18.5 Å². The minimum atomic E-state index is -1.07. The smallest absolute Gasteiger partial charge is 0.404 e. The van der Waals surface area contributed by atoms with Crippen molar-refractivity contribution in [1.29, 1.82) is 0 Å². The third kappa shape index (κ3) is 4.58. The molecule has 1 saturated heterocycles. The Balaban J connectivity index is 2.33. The molecule has 8 nitrogen and oxygen atoms in total. The van der Waals surface area contributed by atoms with Gasteiger partial charge in [0.05, 0.1) is 11.0 Å². The number of pyridine rings is 1. The van der Waals surface area contributed by atoms with Crippen LogP contribution in [-0.4, -0.2) is 40.2 Å². The van der Waals surface area contributed by atoms with E-state index in [1.165, 1.54) is 12.4 Å². The zero-order valence-corrected chi connectivity index (χ0v) is 15.1. The third-order valence-corrected chi connectivity index (χ3v) is 5.20. The van der Waals surface area contributed by atoms with Crippen LogP contribution in [0.1, 0.15) is 34.1 Å². The lowest BCUT2D eigenvalue weighted by Gasteiger charge is -2.44. The van der Waals surface area contributed by atoms with Crippen LogP contribution < -0.4 is 10.2 Å². The number of nitrogens with zero attached hydrogens (tertiary/aromatic N) is 3. The van der Waals surface area contributed by atoms with E-state index in [1.807, 2.05) is 4.90 Å². The number of nitrogens with one attached hydrogen (secondary N) is 1. The molecule has 8 heteroatoms. The van der Waals surface area contributed by atoms with Gasteiger partial charge in [0.25, 0.3) is 0 Å². The van der Waals surface area contributed by atoms with Gasteiger partial charge in [-0.15, -0.1) is 0 Å². The molecule has 1 fully saturated rings. The fourth-order valence-corrected chi connectivity index (χ4v) is 3.47. The van der Waals surface area contributed by atoms with Gasteiger partial charge in [-0.2, -0.15) is 0 Å². The molecule has 0 saturated carbocycles. The van der Waals surface area contributed by atoms with Crippen LogP contribution in [0, 0.1) is 27.4 Å². The predicted octanol–water partition coefficient (Wildman–Crippen LogP) is 3.13. The minimum Gasteiger partial charge on any atom is -0.465 e. The highest BCUT2D eigenvalue weighted by molar-refractivity contribution is 5.66. The number of hydrogen-bond donors (Lipinski definition) is 2. The number of aromatic nitrogens is 1. The second-order valence-corrected chi connectivity index (χ2v) is 7.82. The molecule has 1 unspecified atom stereocenters. The van der Waals surface area contributed by atoms with Crippen molar-refractivity contribution in [3.63, 3.8) is 0 Å². The summed E-state index contributed by atoms with van der Waals surface area (Å²) in [6.07, 6.45) is 2.42. The molecule has 0 aliphatic carbocycles. The van der Waals surface area contributed by atoms with Gasteiger partial charge in [0.2, 0.25) is 0 Å². The molecule has 0 aromatic carbocycles. The van der Waals surface area contributed by atoms with E-state index in [4.69, 9.17) is 5.11 Å². The number of carbonyl (C=O) groups is 1. The van der Waals surface area contributed by atoms with Crippen LogP contribution in [-0.2, 0) is 0 Å². The van der Waals surface area contributed by atoms with Crippen LogP contribution in [0.3, 0.4) is 0 Å². The number of amides is 1. The summed E-state index contributed by atoms with van der Waals surface area (Å²) >= 11 is 0. The summed E-state index contributed by atoms with van der Waals surface area (Å²) in [5.74, 6) is 0.549. The fraction of sp³-hybridized carbons (Fsp3) is 0.647. The molecule has 0 spiro atoms. The number of carboxylic acid groups (broad SMARTS) is 1. The highest BCUT2D eigenvalue weighted by Gasteiger charge is 2.37. The van der Waals surface area contributed by atoms with Crippen molar-refractivity contribution >= 4 is 17.5 Å². The highest BCUT2D eigenvalue weighted by Crippen LogP contribution is 2.38.